The zero-order chi connectivity index (χ0) is 20.3. The van der Waals surface area contributed by atoms with Gasteiger partial charge in [0.15, 0.2) is 0 Å². The van der Waals surface area contributed by atoms with Gasteiger partial charge in [-0.2, -0.15) is 0 Å². The summed E-state index contributed by atoms with van der Waals surface area (Å²) in [5.74, 6) is -0.406. The molecular weight excluding hydrogens is 352 g/mol. The van der Waals surface area contributed by atoms with E-state index in [4.69, 9.17) is 0 Å². The molecule has 28 heavy (non-hydrogen) atoms. The van der Waals surface area contributed by atoms with Gasteiger partial charge in [0.2, 0.25) is 11.8 Å². The lowest BCUT2D eigenvalue weighted by atomic mass is 9.89. The molecule has 0 saturated carbocycles. The van der Waals surface area contributed by atoms with E-state index in [2.05, 4.69) is 36.1 Å². The summed E-state index contributed by atoms with van der Waals surface area (Å²) in [6, 6.07) is 9.86. The summed E-state index contributed by atoms with van der Waals surface area (Å²) >= 11 is 0. The molecular formula is C22H28N4O2. The average molecular weight is 380 g/mol. The summed E-state index contributed by atoms with van der Waals surface area (Å²) in [5.41, 5.74) is 2.77. The highest BCUT2D eigenvalue weighted by Crippen LogP contribution is 2.29. The molecule has 1 fully saturated rings. The minimum Gasteiger partial charge on any atom is -0.352 e. The van der Waals surface area contributed by atoms with Crippen LogP contribution in [0.5, 0.6) is 0 Å². The minimum atomic E-state index is -0.332. The molecule has 2 amide bonds. The third-order valence-corrected chi connectivity index (χ3v) is 5.23. The molecule has 1 aliphatic rings. The maximum atomic E-state index is 12.7. The van der Waals surface area contributed by atoms with E-state index in [-0.39, 0.29) is 35.6 Å². The van der Waals surface area contributed by atoms with E-state index < -0.39 is 0 Å². The van der Waals surface area contributed by atoms with Crippen LogP contribution in [0.2, 0.25) is 0 Å². The Kier molecular flexibility index (Phi) is 5.77. The number of nitrogens with one attached hydrogen (secondary N) is 1. The Morgan fingerprint density at radius 1 is 1.29 bits per heavy atom. The topological polar surface area (TPSA) is 75.2 Å². The molecule has 2 aromatic rings. The molecule has 1 aromatic carbocycles. The van der Waals surface area contributed by atoms with Crippen LogP contribution in [0.4, 0.5) is 0 Å². The van der Waals surface area contributed by atoms with Crippen molar-refractivity contribution >= 4 is 11.8 Å². The van der Waals surface area contributed by atoms with Crippen molar-refractivity contribution in [1.29, 1.82) is 0 Å². The lowest BCUT2D eigenvalue weighted by Gasteiger charge is -2.25. The molecule has 0 aliphatic carbocycles. The minimum absolute atomic E-state index is 0.0231. The van der Waals surface area contributed by atoms with Crippen molar-refractivity contribution in [3.8, 4) is 0 Å². The van der Waals surface area contributed by atoms with Crippen LogP contribution in [0.3, 0.4) is 0 Å². The predicted molar refractivity (Wildman–Crippen MR) is 107 cm³/mol. The normalized spacial score (nSPS) is 18.2. The second kappa shape index (κ2) is 8.09. The molecule has 0 radical (unpaired) electrons. The molecule has 2 unspecified atom stereocenters. The van der Waals surface area contributed by atoms with Crippen molar-refractivity contribution in [3.63, 3.8) is 0 Å². The smallest absolute Gasteiger partial charge is 0.225 e. The molecule has 2 atom stereocenters. The van der Waals surface area contributed by atoms with Crippen LogP contribution in [-0.2, 0) is 21.5 Å². The Bertz CT molecular complexity index is 845. The van der Waals surface area contributed by atoms with Gasteiger partial charge in [0.25, 0.3) is 0 Å². The van der Waals surface area contributed by atoms with Gasteiger partial charge in [0.1, 0.15) is 6.33 Å². The zero-order valence-electron chi connectivity index (χ0n) is 17.0. The van der Waals surface area contributed by atoms with Crippen molar-refractivity contribution in [3.05, 3.63) is 59.7 Å². The third kappa shape index (κ3) is 4.38. The van der Waals surface area contributed by atoms with E-state index in [0.29, 0.717) is 13.1 Å². The van der Waals surface area contributed by atoms with Crippen molar-refractivity contribution < 1.29 is 9.59 Å². The summed E-state index contributed by atoms with van der Waals surface area (Å²) in [6.45, 7) is 9.06. The van der Waals surface area contributed by atoms with Crippen molar-refractivity contribution in [2.75, 3.05) is 6.54 Å². The molecule has 0 spiro atoms. The first kappa shape index (κ1) is 20.0. The Hall–Kier alpha value is -2.76. The van der Waals surface area contributed by atoms with Gasteiger partial charge in [-0.3, -0.25) is 9.59 Å². The van der Waals surface area contributed by atoms with Crippen molar-refractivity contribution in [2.24, 2.45) is 5.92 Å². The molecule has 6 nitrogen and oxygen atoms in total. The first-order valence-corrected chi connectivity index (χ1v) is 9.69. The molecule has 3 rings (SSSR count). The second-order valence-corrected chi connectivity index (χ2v) is 8.40. The Morgan fingerprint density at radius 3 is 2.68 bits per heavy atom. The number of hydrogen-bond acceptors (Lipinski definition) is 4. The number of likely N-dealkylation sites (tertiary alicyclic amines) is 1. The van der Waals surface area contributed by atoms with Gasteiger partial charge in [-0.15, -0.1) is 0 Å². The molecule has 0 bridgehead atoms. The van der Waals surface area contributed by atoms with Gasteiger partial charge in [-0.25, -0.2) is 9.97 Å². The molecule has 148 valence electrons. The first-order valence-electron chi connectivity index (χ1n) is 9.69. The van der Waals surface area contributed by atoms with Gasteiger partial charge in [-0.1, -0.05) is 51.1 Å². The number of amides is 2. The third-order valence-electron chi connectivity index (χ3n) is 5.23. The molecule has 2 heterocycles. The van der Waals surface area contributed by atoms with Gasteiger partial charge in [0, 0.05) is 36.7 Å². The number of hydrogen-bond donors (Lipinski definition) is 1. The number of aromatic nitrogens is 2. The standard InChI is InChI=1S/C22H28N4O2/c1-15(16-8-6-5-7-9-16)26-13-17(10-19(26)27)21(28)24-12-18-11-23-14-25-20(18)22(2,3)4/h5-9,11,14-15,17H,10,12-13H2,1-4H3,(H,24,28). The SMILES string of the molecule is CC(c1ccccc1)N1CC(C(=O)NCc2cncnc2C(C)(C)C)CC1=O. The van der Waals surface area contributed by atoms with Crippen LogP contribution in [-0.4, -0.2) is 33.2 Å². The van der Waals surface area contributed by atoms with Crippen molar-refractivity contribution in [2.45, 2.75) is 52.1 Å². The number of rotatable bonds is 5. The summed E-state index contributed by atoms with van der Waals surface area (Å²) in [4.78, 5) is 35.5. The lowest BCUT2D eigenvalue weighted by molar-refractivity contribution is -0.130. The molecule has 1 aliphatic heterocycles. The average Bonchev–Trinajstić information content (AvgIpc) is 3.07. The van der Waals surface area contributed by atoms with Gasteiger partial charge in [0.05, 0.1) is 17.7 Å². The van der Waals surface area contributed by atoms with Crippen LogP contribution in [0.25, 0.3) is 0 Å². The number of nitrogens with zero attached hydrogens (tertiary/aromatic N) is 3. The van der Waals surface area contributed by atoms with Crippen LogP contribution < -0.4 is 5.32 Å². The van der Waals surface area contributed by atoms with Gasteiger partial charge in [-0.05, 0) is 12.5 Å². The van der Waals surface area contributed by atoms with E-state index >= 15 is 0 Å². The van der Waals surface area contributed by atoms with Gasteiger partial charge < -0.3 is 10.2 Å². The van der Waals surface area contributed by atoms with Crippen LogP contribution >= 0.6 is 0 Å². The monoisotopic (exact) mass is 380 g/mol. The lowest BCUT2D eigenvalue weighted by Crippen LogP contribution is -2.34. The van der Waals surface area contributed by atoms with Gasteiger partial charge >= 0.3 is 0 Å². The number of carbonyl (C=O) groups excluding carboxylic acids is 2. The van der Waals surface area contributed by atoms with Crippen LogP contribution in [0, 0.1) is 5.92 Å². The molecule has 1 aromatic heterocycles. The summed E-state index contributed by atoms with van der Waals surface area (Å²) in [5, 5.41) is 2.98. The fraction of sp³-hybridized carbons (Fsp3) is 0.455. The molecule has 6 heteroatoms. The van der Waals surface area contributed by atoms with E-state index in [1.807, 2.05) is 37.3 Å². The molecule has 1 N–H and O–H groups in total. The number of benzene rings is 1. The Labute approximate surface area is 166 Å². The largest absolute Gasteiger partial charge is 0.352 e. The maximum Gasteiger partial charge on any atom is 0.225 e. The second-order valence-electron chi connectivity index (χ2n) is 8.40. The quantitative estimate of drug-likeness (QED) is 0.865. The summed E-state index contributed by atoms with van der Waals surface area (Å²) in [7, 11) is 0. The fourth-order valence-electron chi connectivity index (χ4n) is 3.68. The highest BCUT2D eigenvalue weighted by molar-refractivity contribution is 5.89. The maximum absolute atomic E-state index is 12.7. The summed E-state index contributed by atoms with van der Waals surface area (Å²) in [6.07, 6.45) is 3.53. The highest BCUT2D eigenvalue weighted by atomic mass is 16.2. The highest BCUT2D eigenvalue weighted by Gasteiger charge is 2.37. The zero-order valence-corrected chi connectivity index (χ0v) is 17.0. The summed E-state index contributed by atoms with van der Waals surface area (Å²) < 4.78 is 0. The van der Waals surface area contributed by atoms with E-state index in [1.54, 1.807) is 11.1 Å². The van der Waals surface area contributed by atoms with E-state index in [0.717, 1.165) is 16.8 Å². The Balaban J connectivity index is 1.63. The predicted octanol–water partition coefficient (Wildman–Crippen LogP) is 3.00. The fourth-order valence-corrected chi connectivity index (χ4v) is 3.68. The molecule has 1 saturated heterocycles. The van der Waals surface area contributed by atoms with E-state index in [9.17, 15) is 9.59 Å². The van der Waals surface area contributed by atoms with E-state index in [1.165, 1.54) is 6.33 Å². The van der Waals surface area contributed by atoms with Crippen LogP contribution in [0.15, 0.2) is 42.9 Å². The Morgan fingerprint density at radius 2 is 2.00 bits per heavy atom. The van der Waals surface area contributed by atoms with Crippen molar-refractivity contribution in [1.82, 2.24) is 20.2 Å². The number of carbonyl (C=O) groups is 2. The van der Waals surface area contributed by atoms with Crippen LogP contribution in [0.1, 0.15) is 57.0 Å². The first-order chi connectivity index (χ1) is 13.3.